The van der Waals surface area contributed by atoms with Crippen molar-refractivity contribution in [1.82, 2.24) is 9.55 Å². The van der Waals surface area contributed by atoms with Gasteiger partial charge in [0, 0.05) is 19.4 Å². The van der Waals surface area contributed by atoms with E-state index in [9.17, 15) is 10.2 Å². The minimum atomic E-state index is -1.07. The molecule has 0 aliphatic heterocycles. The Hall–Kier alpha value is -0.870. The second-order valence-electron chi connectivity index (χ2n) is 3.61. The highest BCUT2D eigenvalue weighted by Gasteiger charge is 2.35. The highest BCUT2D eigenvalue weighted by atomic mass is 16.3. The van der Waals surface area contributed by atoms with Gasteiger partial charge in [0.05, 0.1) is 5.60 Å². The topological polar surface area (TPSA) is 58.3 Å². The Morgan fingerprint density at radius 3 is 2.43 bits per heavy atom. The van der Waals surface area contributed by atoms with Gasteiger partial charge in [0.15, 0.2) is 0 Å². The number of nitrogens with zero attached hydrogens (tertiary/aromatic N) is 2. The molecular formula is C10H18N2O2. The fraction of sp³-hybridized carbons (Fsp3) is 0.700. The van der Waals surface area contributed by atoms with Gasteiger partial charge in [-0.05, 0) is 12.8 Å². The van der Waals surface area contributed by atoms with Crippen LogP contribution in [-0.2, 0) is 7.05 Å². The van der Waals surface area contributed by atoms with E-state index in [0.29, 0.717) is 18.7 Å². The Kier molecular flexibility index (Phi) is 3.29. The Labute approximate surface area is 84.2 Å². The van der Waals surface area contributed by atoms with Gasteiger partial charge < -0.3 is 14.8 Å². The number of aliphatic hydroxyl groups excluding tert-OH is 1. The molecule has 1 atom stereocenters. The molecule has 0 saturated heterocycles. The molecule has 80 valence electrons. The van der Waals surface area contributed by atoms with Crippen LogP contribution in [0.3, 0.4) is 0 Å². The van der Waals surface area contributed by atoms with Crippen molar-refractivity contribution in [3.63, 3.8) is 0 Å². The van der Waals surface area contributed by atoms with E-state index in [1.165, 1.54) is 0 Å². The molecule has 14 heavy (non-hydrogen) atoms. The molecule has 0 aliphatic carbocycles. The largest absolute Gasteiger partial charge is 0.387 e. The highest BCUT2D eigenvalue weighted by molar-refractivity contribution is 5.02. The van der Waals surface area contributed by atoms with Crippen molar-refractivity contribution in [3.8, 4) is 0 Å². The van der Waals surface area contributed by atoms with Gasteiger partial charge in [-0.15, -0.1) is 0 Å². The van der Waals surface area contributed by atoms with Crippen LogP contribution in [0.5, 0.6) is 0 Å². The summed E-state index contributed by atoms with van der Waals surface area (Å²) in [6, 6.07) is 0. The average molecular weight is 198 g/mol. The van der Waals surface area contributed by atoms with E-state index in [4.69, 9.17) is 0 Å². The van der Waals surface area contributed by atoms with Crippen molar-refractivity contribution in [2.24, 2.45) is 7.05 Å². The summed E-state index contributed by atoms with van der Waals surface area (Å²) in [7, 11) is 1.80. The summed E-state index contributed by atoms with van der Waals surface area (Å²) >= 11 is 0. The molecule has 0 radical (unpaired) electrons. The van der Waals surface area contributed by atoms with Crippen molar-refractivity contribution in [2.45, 2.75) is 38.4 Å². The zero-order valence-corrected chi connectivity index (χ0v) is 8.94. The normalized spacial score (nSPS) is 14.4. The van der Waals surface area contributed by atoms with E-state index in [0.717, 1.165) is 0 Å². The summed E-state index contributed by atoms with van der Waals surface area (Å²) in [6.45, 7) is 3.71. The quantitative estimate of drug-likeness (QED) is 0.759. The van der Waals surface area contributed by atoms with Gasteiger partial charge in [-0.2, -0.15) is 0 Å². The second kappa shape index (κ2) is 4.11. The van der Waals surface area contributed by atoms with Crippen LogP contribution in [0.15, 0.2) is 12.4 Å². The summed E-state index contributed by atoms with van der Waals surface area (Å²) in [5.74, 6) is 0.510. The zero-order chi connectivity index (χ0) is 10.8. The third kappa shape index (κ3) is 1.81. The van der Waals surface area contributed by atoms with Crippen LogP contribution in [-0.4, -0.2) is 25.4 Å². The first-order valence-electron chi connectivity index (χ1n) is 4.92. The molecule has 0 aliphatic rings. The molecule has 2 N–H and O–H groups in total. The number of aryl methyl sites for hydroxylation is 1. The lowest BCUT2D eigenvalue weighted by Crippen LogP contribution is -2.36. The van der Waals surface area contributed by atoms with Gasteiger partial charge in [0.1, 0.15) is 11.9 Å². The van der Waals surface area contributed by atoms with Crippen molar-refractivity contribution >= 4 is 0 Å². The standard InChI is InChI=1S/C10H18N2O2/c1-4-10(14,5-2)8(13)9-11-6-7-12(9)3/h6-8,13-14H,4-5H2,1-3H3. The molecule has 4 nitrogen and oxygen atoms in total. The Morgan fingerprint density at radius 1 is 1.50 bits per heavy atom. The van der Waals surface area contributed by atoms with Gasteiger partial charge in [0.2, 0.25) is 0 Å². The highest BCUT2D eigenvalue weighted by Crippen LogP contribution is 2.30. The van der Waals surface area contributed by atoms with E-state index in [-0.39, 0.29) is 0 Å². The lowest BCUT2D eigenvalue weighted by molar-refractivity contribution is -0.0868. The van der Waals surface area contributed by atoms with Crippen molar-refractivity contribution in [1.29, 1.82) is 0 Å². The third-order valence-electron chi connectivity index (χ3n) is 2.84. The number of imidazole rings is 1. The smallest absolute Gasteiger partial charge is 0.140 e. The molecule has 0 bridgehead atoms. The molecule has 0 aromatic carbocycles. The van der Waals surface area contributed by atoms with Crippen molar-refractivity contribution in [2.75, 3.05) is 0 Å². The summed E-state index contributed by atoms with van der Waals surface area (Å²) < 4.78 is 1.72. The number of aliphatic hydroxyl groups is 2. The van der Waals surface area contributed by atoms with Crippen LogP contribution in [0.1, 0.15) is 38.6 Å². The first-order chi connectivity index (χ1) is 6.55. The second-order valence-corrected chi connectivity index (χ2v) is 3.61. The maximum absolute atomic E-state index is 10.1. The minimum Gasteiger partial charge on any atom is -0.387 e. The predicted molar refractivity (Wildman–Crippen MR) is 53.7 cm³/mol. The summed E-state index contributed by atoms with van der Waals surface area (Å²) in [5.41, 5.74) is -1.07. The molecule has 1 aromatic heterocycles. The van der Waals surface area contributed by atoms with Gasteiger partial charge in [-0.3, -0.25) is 0 Å². The van der Waals surface area contributed by atoms with Crippen molar-refractivity contribution < 1.29 is 10.2 Å². The van der Waals surface area contributed by atoms with Gasteiger partial charge >= 0.3 is 0 Å². The lowest BCUT2D eigenvalue weighted by atomic mass is 9.90. The molecule has 1 rings (SSSR count). The van der Waals surface area contributed by atoms with E-state index >= 15 is 0 Å². The number of aromatic nitrogens is 2. The first-order valence-corrected chi connectivity index (χ1v) is 4.92. The maximum Gasteiger partial charge on any atom is 0.140 e. The Bertz CT molecular complexity index is 292. The van der Waals surface area contributed by atoms with E-state index in [1.54, 1.807) is 24.0 Å². The SMILES string of the molecule is CCC(O)(CC)C(O)c1nccn1C. The molecule has 0 saturated carbocycles. The monoisotopic (exact) mass is 198 g/mol. The fourth-order valence-electron chi connectivity index (χ4n) is 1.52. The van der Waals surface area contributed by atoms with Crippen LogP contribution in [0.4, 0.5) is 0 Å². The summed E-state index contributed by atoms with van der Waals surface area (Å²) in [4.78, 5) is 4.03. The number of hydrogen-bond acceptors (Lipinski definition) is 3. The first kappa shape index (κ1) is 11.2. The van der Waals surface area contributed by atoms with Crippen LogP contribution < -0.4 is 0 Å². The summed E-state index contributed by atoms with van der Waals surface area (Å²) in [5, 5.41) is 20.1. The number of rotatable bonds is 4. The molecule has 0 fully saturated rings. The molecule has 4 heteroatoms. The predicted octanol–water partition coefficient (Wildman–Crippen LogP) is 1.00. The third-order valence-corrected chi connectivity index (χ3v) is 2.84. The lowest BCUT2D eigenvalue weighted by Gasteiger charge is -2.30. The van der Waals surface area contributed by atoms with Crippen LogP contribution in [0.2, 0.25) is 0 Å². The molecule has 1 heterocycles. The maximum atomic E-state index is 10.1. The average Bonchev–Trinajstić information content (AvgIpc) is 2.62. The van der Waals surface area contributed by atoms with E-state index < -0.39 is 11.7 Å². The molecule has 1 aromatic rings. The Balaban J connectivity index is 2.94. The molecule has 0 spiro atoms. The van der Waals surface area contributed by atoms with Crippen molar-refractivity contribution in [3.05, 3.63) is 18.2 Å². The molecular weight excluding hydrogens is 180 g/mol. The van der Waals surface area contributed by atoms with Crippen LogP contribution in [0.25, 0.3) is 0 Å². The van der Waals surface area contributed by atoms with Crippen LogP contribution in [0, 0.1) is 0 Å². The van der Waals surface area contributed by atoms with E-state index in [1.807, 2.05) is 13.8 Å². The van der Waals surface area contributed by atoms with Crippen LogP contribution >= 0.6 is 0 Å². The molecule has 0 amide bonds. The Morgan fingerprint density at radius 2 is 2.07 bits per heavy atom. The van der Waals surface area contributed by atoms with E-state index in [2.05, 4.69) is 4.98 Å². The minimum absolute atomic E-state index is 0.510. The van der Waals surface area contributed by atoms with Gasteiger partial charge in [-0.25, -0.2) is 4.98 Å². The fourth-order valence-corrected chi connectivity index (χ4v) is 1.52. The van der Waals surface area contributed by atoms with Gasteiger partial charge in [-0.1, -0.05) is 13.8 Å². The summed E-state index contributed by atoms with van der Waals surface area (Å²) in [6.07, 6.45) is 3.47. The van der Waals surface area contributed by atoms with Gasteiger partial charge in [0.25, 0.3) is 0 Å². The molecule has 1 unspecified atom stereocenters. The number of hydrogen-bond donors (Lipinski definition) is 2. The zero-order valence-electron chi connectivity index (χ0n) is 8.94.